The summed E-state index contributed by atoms with van der Waals surface area (Å²) in [6.07, 6.45) is 1.37. The fourth-order valence-corrected chi connectivity index (χ4v) is 1.35. The molecule has 0 radical (unpaired) electrons. The Morgan fingerprint density at radius 1 is 1.38 bits per heavy atom. The molecule has 16 heavy (non-hydrogen) atoms. The predicted octanol–water partition coefficient (Wildman–Crippen LogP) is 1.91. The molecule has 0 aliphatic carbocycles. The summed E-state index contributed by atoms with van der Waals surface area (Å²) < 4.78 is 5.12. The first-order valence-electron chi connectivity index (χ1n) is 4.99. The van der Waals surface area contributed by atoms with Gasteiger partial charge in [0, 0.05) is 5.56 Å². The first-order chi connectivity index (χ1) is 7.77. The van der Waals surface area contributed by atoms with E-state index in [4.69, 9.17) is 4.42 Å². The van der Waals surface area contributed by atoms with Crippen LogP contribution < -0.4 is 5.32 Å². The molecule has 1 heterocycles. The summed E-state index contributed by atoms with van der Waals surface area (Å²) in [5.41, 5.74) is 1.44. The second-order valence-corrected chi connectivity index (χ2v) is 3.41. The SMILES string of the molecule is Cc1ncoc1CNC(=O)c1ccccc1. The normalized spacial score (nSPS) is 10.1. The van der Waals surface area contributed by atoms with E-state index >= 15 is 0 Å². The van der Waals surface area contributed by atoms with E-state index in [0.717, 1.165) is 5.69 Å². The smallest absolute Gasteiger partial charge is 0.251 e. The highest BCUT2D eigenvalue weighted by Gasteiger charge is 2.07. The number of hydrogen-bond donors (Lipinski definition) is 1. The summed E-state index contributed by atoms with van der Waals surface area (Å²) in [7, 11) is 0. The summed E-state index contributed by atoms with van der Waals surface area (Å²) >= 11 is 0. The topological polar surface area (TPSA) is 55.1 Å². The van der Waals surface area contributed by atoms with Gasteiger partial charge in [0.05, 0.1) is 12.2 Å². The van der Waals surface area contributed by atoms with Crippen LogP contribution >= 0.6 is 0 Å². The molecular formula is C12H12N2O2. The average molecular weight is 216 g/mol. The number of nitrogens with zero attached hydrogens (tertiary/aromatic N) is 1. The van der Waals surface area contributed by atoms with Crippen molar-refractivity contribution in [1.82, 2.24) is 10.3 Å². The Morgan fingerprint density at radius 3 is 2.75 bits per heavy atom. The van der Waals surface area contributed by atoms with Gasteiger partial charge < -0.3 is 9.73 Å². The van der Waals surface area contributed by atoms with Crippen molar-refractivity contribution in [3.63, 3.8) is 0 Å². The van der Waals surface area contributed by atoms with Gasteiger partial charge in [-0.05, 0) is 19.1 Å². The Hall–Kier alpha value is -2.10. The number of carbonyl (C=O) groups is 1. The third-order valence-corrected chi connectivity index (χ3v) is 2.29. The highest BCUT2D eigenvalue weighted by atomic mass is 16.3. The van der Waals surface area contributed by atoms with Crippen LogP contribution in [0.1, 0.15) is 21.8 Å². The maximum Gasteiger partial charge on any atom is 0.251 e. The van der Waals surface area contributed by atoms with Gasteiger partial charge in [-0.25, -0.2) is 4.98 Å². The van der Waals surface area contributed by atoms with E-state index < -0.39 is 0 Å². The monoisotopic (exact) mass is 216 g/mol. The molecule has 2 aromatic rings. The van der Waals surface area contributed by atoms with Crippen LogP contribution in [-0.2, 0) is 6.54 Å². The van der Waals surface area contributed by atoms with Gasteiger partial charge in [0.1, 0.15) is 5.76 Å². The van der Waals surface area contributed by atoms with Crippen molar-refractivity contribution in [2.75, 3.05) is 0 Å². The molecule has 0 aliphatic rings. The highest BCUT2D eigenvalue weighted by molar-refractivity contribution is 5.93. The molecule has 4 nitrogen and oxygen atoms in total. The molecule has 1 N–H and O–H groups in total. The molecule has 0 saturated heterocycles. The van der Waals surface area contributed by atoms with Gasteiger partial charge in [-0.3, -0.25) is 4.79 Å². The number of oxazole rings is 1. The van der Waals surface area contributed by atoms with Crippen LogP contribution in [0, 0.1) is 6.92 Å². The molecule has 4 heteroatoms. The minimum atomic E-state index is -0.114. The maximum atomic E-state index is 11.7. The molecule has 0 unspecified atom stereocenters. The first kappa shape index (κ1) is 10.4. The van der Waals surface area contributed by atoms with Gasteiger partial charge in [-0.15, -0.1) is 0 Å². The summed E-state index contributed by atoms with van der Waals surface area (Å²) in [6, 6.07) is 9.06. The molecule has 0 bridgehead atoms. The number of amides is 1. The first-order valence-corrected chi connectivity index (χ1v) is 4.99. The number of rotatable bonds is 3. The van der Waals surface area contributed by atoms with Crippen molar-refractivity contribution in [3.8, 4) is 0 Å². The summed E-state index contributed by atoms with van der Waals surface area (Å²) in [6.45, 7) is 2.20. The Labute approximate surface area is 93.3 Å². The predicted molar refractivity (Wildman–Crippen MR) is 58.9 cm³/mol. The van der Waals surface area contributed by atoms with E-state index in [1.165, 1.54) is 6.39 Å². The van der Waals surface area contributed by atoms with E-state index in [1.807, 2.05) is 25.1 Å². The molecule has 0 fully saturated rings. The zero-order chi connectivity index (χ0) is 11.4. The van der Waals surface area contributed by atoms with Crippen LogP contribution in [-0.4, -0.2) is 10.9 Å². The Morgan fingerprint density at radius 2 is 2.12 bits per heavy atom. The number of hydrogen-bond acceptors (Lipinski definition) is 3. The molecule has 82 valence electrons. The highest BCUT2D eigenvalue weighted by Crippen LogP contribution is 2.05. The molecule has 0 spiro atoms. The number of nitrogens with one attached hydrogen (secondary N) is 1. The van der Waals surface area contributed by atoms with Crippen molar-refractivity contribution in [2.45, 2.75) is 13.5 Å². The fourth-order valence-electron chi connectivity index (χ4n) is 1.35. The molecule has 1 aromatic heterocycles. The lowest BCUT2D eigenvalue weighted by Gasteiger charge is -2.03. The van der Waals surface area contributed by atoms with Gasteiger partial charge >= 0.3 is 0 Å². The van der Waals surface area contributed by atoms with E-state index in [9.17, 15) is 4.79 Å². The minimum Gasteiger partial charge on any atom is -0.446 e. The third-order valence-electron chi connectivity index (χ3n) is 2.29. The van der Waals surface area contributed by atoms with Gasteiger partial charge in [0.2, 0.25) is 0 Å². The standard InChI is InChI=1S/C12H12N2O2/c1-9-11(16-8-14-9)7-13-12(15)10-5-3-2-4-6-10/h2-6,8H,7H2,1H3,(H,13,15). The number of carbonyl (C=O) groups excluding carboxylic acids is 1. The van der Waals surface area contributed by atoms with Crippen molar-refractivity contribution < 1.29 is 9.21 Å². The largest absolute Gasteiger partial charge is 0.446 e. The third kappa shape index (κ3) is 2.28. The van der Waals surface area contributed by atoms with E-state index in [-0.39, 0.29) is 5.91 Å². The zero-order valence-electron chi connectivity index (χ0n) is 8.93. The molecule has 2 rings (SSSR count). The van der Waals surface area contributed by atoms with Crippen molar-refractivity contribution in [1.29, 1.82) is 0 Å². The van der Waals surface area contributed by atoms with E-state index in [0.29, 0.717) is 17.9 Å². The van der Waals surface area contributed by atoms with Crippen molar-refractivity contribution in [3.05, 3.63) is 53.7 Å². The van der Waals surface area contributed by atoms with Crippen LogP contribution in [0.5, 0.6) is 0 Å². The summed E-state index contributed by atoms with van der Waals surface area (Å²) in [4.78, 5) is 15.6. The van der Waals surface area contributed by atoms with Gasteiger partial charge in [-0.2, -0.15) is 0 Å². The number of aromatic nitrogens is 1. The molecule has 1 aromatic carbocycles. The quantitative estimate of drug-likeness (QED) is 0.852. The Bertz CT molecular complexity index is 477. The second-order valence-electron chi connectivity index (χ2n) is 3.41. The van der Waals surface area contributed by atoms with Crippen LogP contribution in [0.3, 0.4) is 0 Å². The average Bonchev–Trinajstić information content (AvgIpc) is 2.73. The second kappa shape index (κ2) is 4.61. The lowest BCUT2D eigenvalue weighted by molar-refractivity contribution is 0.0948. The van der Waals surface area contributed by atoms with Crippen molar-refractivity contribution in [2.24, 2.45) is 0 Å². The molecule has 0 saturated carbocycles. The molecular weight excluding hydrogens is 204 g/mol. The number of benzene rings is 1. The fraction of sp³-hybridized carbons (Fsp3) is 0.167. The molecule has 1 amide bonds. The molecule has 0 atom stereocenters. The zero-order valence-corrected chi connectivity index (χ0v) is 8.93. The maximum absolute atomic E-state index is 11.7. The molecule has 0 aliphatic heterocycles. The Kier molecular flexibility index (Phi) is 3.00. The summed E-state index contributed by atoms with van der Waals surface area (Å²) in [5, 5.41) is 2.77. The van der Waals surface area contributed by atoms with Crippen LogP contribution in [0.25, 0.3) is 0 Å². The Balaban J connectivity index is 1.97. The van der Waals surface area contributed by atoms with Crippen LogP contribution in [0.2, 0.25) is 0 Å². The van der Waals surface area contributed by atoms with Crippen LogP contribution in [0.4, 0.5) is 0 Å². The van der Waals surface area contributed by atoms with Crippen molar-refractivity contribution >= 4 is 5.91 Å². The van der Waals surface area contributed by atoms with Gasteiger partial charge in [0.25, 0.3) is 5.91 Å². The van der Waals surface area contributed by atoms with Gasteiger partial charge in [0.15, 0.2) is 6.39 Å². The lowest BCUT2D eigenvalue weighted by Crippen LogP contribution is -2.22. The lowest BCUT2D eigenvalue weighted by atomic mass is 10.2. The van der Waals surface area contributed by atoms with Gasteiger partial charge in [-0.1, -0.05) is 18.2 Å². The minimum absolute atomic E-state index is 0.114. The van der Waals surface area contributed by atoms with E-state index in [2.05, 4.69) is 10.3 Å². The van der Waals surface area contributed by atoms with E-state index in [1.54, 1.807) is 12.1 Å². The van der Waals surface area contributed by atoms with Crippen LogP contribution in [0.15, 0.2) is 41.1 Å². The summed E-state index contributed by atoms with van der Waals surface area (Å²) in [5.74, 6) is 0.570. The number of aryl methyl sites for hydroxylation is 1.